The lowest BCUT2D eigenvalue weighted by Gasteiger charge is -2.08. The minimum Gasteiger partial charge on any atom is -0.258 e. The van der Waals surface area contributed by atoms with Crippen molar-refractivity contribution in [3.63, 3.8) is 0 Å². The number of nitrogens with zero attached hydrogens (tertiary/aromatic N) is 4. The van der Waals surface area contributed by atoms with Crippen molar-refractivity contribution in [3.8, 4) is 11.3 Å². The molecule has 29 heavy (non-hydrogen) atoms. The lowest BCUT2D eigenvalue weighted by atomic mass is 10.1. The van der Waals surface area contributed by atoms with Gasteiger partial charge in [0.2, 0.25) is 4.80 Å². The summed E-state index contributed by atoms with van der Waals surface area (Å²) >= 11 is 5.12. The Bertz CT molecular complexity index is 1160. The molecule has 0 aliphatic rings. The molecule has 1 aromatic heterocycles. The highest BCUT2D eigenvalue weighted by molar-refractivity contribution is 9.10. The van der Waals surface area contributed by atoms with E-state index in [0.717, 1.165) is 20.5 Å². The van der Waals surface area contributed by atoms with Crippen molar-refractivity contribution in [1.82, 2.24) is 4.68 Å². The first kappa shape index (κ1) is 21.1. The summed E-state index contributed by atoms with van der Waals surface area (Å²) in [6, 6.07) is 13.2. The van der Waals surface area contributed by atoms with Crippen LogP contribution in [0.5, 0.6) is 0 Å². The van der Waals surface area contributed by atoms with Crippen LogP contribution in [0.2, 0.25) is 0 Å². The van der Waals surface area contributed by atoms with Crippen LogP contribution in [-0.4, -0.2) is 21.4 Å². The van der Waals surface area contributed by atoms with E-state index in [0.29, 0.717) is 16.8 Å². The van der Waals surface area contributed by atoms with Gasteiger partial charge in [-0.05, 0) is 33.8 Å². The molecule has 0 amide bonds. The van der Waals surface area contributed by atoms with Gasteiger partial charge in [-0.2, -0.15) is 5.10 Å². The van der Waals surface area contributed by atoms with Crippen molar-refractivity contribution < 1.29 is 4.92 Å². The van der Waals surface area contributed by atoms with E-state index in [1.54, 1.807) is 19.1 Å². The van der Waals surface area contributed by atoms with Crippen LogP contribution in [0.25, 0.3) is 11.3 Å². The fourth-order valence-corrected chi connectivity index (χ4v) is 4.24. The van der Waals surface area contributed by atoms with Crippen LogP contribution in [0.1, 0.15) is 31.9 Å². The van der Waals surface area contributed by atoms with Crippen molar-refractivity contribution in [1.29, 1.82) is 0 Å². The quantitative estimate of drug-likeness (QED) is 0.268. The second-order valence-electron chi connectivity index (χ2n) is 6.86. The number of benzene rings is 2. The number of hydrogen-bond acceptors (Lipinski definition) is 5. The van der Waals surface area contributed by atoms with Gasteiger partial charge in [-0.3, -0.25) is 15.1 Å². The standard InChI is InChI=1S/C21H21BrN4O2S/c1-13(2)23-21-25(20(12-29-21)17-7-5-6-8-18(17)22)24-15(4)16-10-9-14(3)19(11-16)26(27)28/h5-13H,1-4H3. The van der Waals surface area contributed by atoms with Gasteiger partial charge in [-0.25, -0.2) is 4.68 Å². The molecule has 6 nitrogen and oxygen atoms in total. The molecule has 1 heterocycles. The Hall–Kier alpha value is -2.58. The maximum atomic E-state index is 11.3. The van der Waals surface area contributed by atoms with E-state index >= 15 is 0 Å². The van der Waals surface area contributed by atoms with Crippen LogP contribution in [0, 0.1) is 17.0 Å². The molecule has 3 rings (SSSR count). The summed E-state index contributed by atoms with van der Waals surface area (Å²) in [4.78, 5) is 16.4. The molecular weight excluding hydrogens is 452 g/mol. The summed E-state index contributed by atoms with van der Waals surface area (Å²) < 4.78 is 2.77. The Labute approximate surface area is 181 Å². The first-order valence-corrected chi connectivity index (χ1v) is 10.8. The summed E-state index contributed by atoms with van der Waals surface area (Å²) in [7, 11) is 0. The first-order valence-electron chi connectivity index (χ1n) is 9.08. The second-order valence-corrected chi connectivity index (χ2v) is 8.55. The minimum absolute atomic E-state index is 0.0884. The summed E-state index contributed by atoms with van der Waals surface area (Å²) in [5.74, 6) is 0. The van der Waals surface area contributed by atoms with Crippen LogP contribution in [0.15, 0.2) is 62.4 Å². The van der Waals surface area contributed by atoms with Crippen molar-refractivity contribution in [3.05, 3.63) is 78.4 Å². The number of hydrogen-bond donors (Lipinski definition) is 0. The molecule has 0 radical (unpaired) electrons. The molecule has 150 valence electrons. The van der Waals surface area contributed by atoms with Gasteiger partial charge in [0.1, 0.15) is 0 Å². The Kier molecular flexibility index (Phi) is 6.44. The molecule has 0 saturated carbocycles. The molecular formula is C21H21BrN4O2S. The monoisotopic (exact) mass is 472 g/mol. The van der Waals surface area contributed by atoms with Crippen molar-refractivity contribution in [2.24, 2.45) is 10.1 Å². The average Bonchev–Trinajstić information content (AvgIpc) is 3.03. The molecule has 2 aromatic carbocycles. The highest BCUT2D eigenvalue weighted by Crippen LogP contribution is 2.28. The van der Waals surface area contributed by atoms with Crippen molar-refractivity contribution >= 4 is 38.7 Å². The zero-order valence-corrected chi connectivity index (χ0v) is 19.0. The maximum absolute atomic E-state index is 11.3. The van der Waals surface area contributed by atoms with Gasteiger partial charge < -0.3 is 0 Å². The van der Waals surface area contributed by atoms with E-state index in [4.69, 9.17) is 10.1 Å². The van der Waals surface area contributed by atoms with Gasteiger partial charge in [0.05, 0.1) is 16.3 Å². The van der Waals surface area contributed by atoms with E-state index in [1.807, 2.05) is 61.2 Å². The molecule has 0 aliphatic heterocycles. The number of nitro groups is 1. The molecule has 0 saturated heterocycles. The van der Waals surface area contributed by atoms with Gasteiger partial charge >= 0.3 is 0 Å². The Morgan fingerprint density at radius 3 is 2.62 bits per heavy atom. The molecule has 0 bridgehead atoms. The van der Waals surface area contributed by atoms with Gasteiger partial charge in [-0.1, -0.05) is 46.3 Å². The normalized spacial score (nSPS) is 12.6. The van der Waals surface area contributed by atoms with Crippen LogP contribution in [0.4, 0.5) is 5.69 Å². The molecule has 0 unspecified atom stereocenters. The minimum atomic E-state index is -0.365. The summed E-state index contributed by atoms with van der Waals surface area (Å²) in [6.45, 7) is 7.61. The van der Waals surface area contributed by atoms with Crippen LogP contribution in [-0.2, 0) is 0 Å². The summed E-state index contributed by atoms with van der Waals surface area (Å²) in [5.41, 5.74) is 3.99. The number of halogens is 1. The number of thiazole rings is 1. The van der Waals surface area contributed by atoms with Crippen molar-refractivity contribution in [2.75, 3.05) is 0 Å². The fourth-order valence-electron chi connectivity index (χ4n) is 2.80. The fraction of sp³-hybridized carbons (Fsp3) is 0.238. The van der Waals surface area contributed by atoms with Crippen LogP contribution in [0.3, 0.4) is 0 Å². The SMILES string of the molecule is CC(=Nn1c(-c2ccccc2Br)csc1=NC(C)C)c1ccc(C)c([N+](=O)[O-])c1. The number of rotatable bonds is 5. The van der Waals surface area contributed by atoms with E-state index in [-0.39, 0.29) is 16.7 Å². The van der Waals surface area contributed by atoms with E-state index in [1.165, 1.54) is 11.3 Å². The zero-order chi connectivity index (χ0) is 21.1. The number of nitro benzene ring substituents is 1. The molecule has 0 aliphatic carbocycles. The molecule has 0 atom stereocenters. The first-order chi connectivity index (χ1) is 13.8. The largest absolute Gasteiger partial charge is 0.272 e. The van der Waals surface area contributed by atoms with Gasteiger partial charge in [-0.15, -0.1) is 11.3 Å². The van der Waals surface area contributed by atoms with Crippen molar-refractivity contribution in [2.45, 2.75) is 33.7 Å². The number of aromatic nitrogens is 1. The number of aryl methyl sites for hydroxylation is 1. The van der Waals surface area contributed by atoms with Gasteiger partial charge in [0.15, 0.2) is 0 Å². The second kappa shape index (κ2) is 8.84. The third kappa shape index (κ3) is 4.71. The highest BCUT2D eigenvalue weighted by atomic mass is 79.9. The lowest BCUT2D eigenvalue weighted by Crippen LogP contribution is -2.16. The third-order valence-corrected chi connectivity index (χ3v) is 5.80. The summed E-state index contributed by atoms with van der Waals surface area (Å²) in [5, 5.41) is 18.1. The van der Waals surface area contributed by atoms with Crippen LogP contribution >= 0.6 is 27.3 Å². The molecule has 3 aromatic rings. The van der Waals surface area contributed by atoms with Gasteiger partial charge in [0, 0.05) is 38.7 Å². The smallest absolute Gasteiger partial charge is 0.258 e. The van der Waals surface area contributed by atoms with E-state index in [9.17, 15) is 10.1 Å². The molecule has 0 spiro atoms. The Balaban J connectivity index is 2.19. The van der Waals surface area contributed by atoms with Gasteiger partial charge in [0.25, 0.3) is 5.69 Å². The molecule has 8 heteroatoms. The van der Waals surface area contributed by atoms with E-state index < -0.39 is 0 Å². The maximum Gasteiger partial charge on any atom is 0.272 e. The predicted octanol–water partition coefficient (Wildman–Crippen LogP) is 5.78. The molecule has 0 N–H and O–H groups in total. The van der Waals surface area contributed by atoms with Crippen LogP contribution < -0.4 is 4.80 Å². The highest BCUT2D eigenvalue weighted by Gasteiger charge is 2.14. The predicted molar refractivity (Wildman–Crippen MR) is 122 cm³/mol. The Morgan fingerprint density at radius 2 is 1.97 bits per heavy atom. The zero-order valence-electron chi connectivity index (χ0n) is 16.6. The lowest BCUT2D eigenvalue weighted by molar-refractivity contribution is -0.385. The van der Waals surface area contributed by atoms with E-state index in [2.05, 4.69) is 15.9 Å². The molecule has 0 fully saturated rings. The topological polar surface area (TPSA) is 72.8 Å². The Morgan fingerprint density at radius 1 is 1.24 bits per heavy atom. The third-order valence-electron chi connectivity index (χ3n) is 4.28. The average molecular weight is 473 g/mol. The summed E-state index contributed by atoms with van der Waals surface area (Å²) in [6.07, 6.45) is 0.